The van der Waals surface area contributed by atoms with Crippen molar-refractivity contribution in [1.29, 1.82) is 0 Å². The number of fused-ring (bicyclic) bond motifs is 1. The average Bonchev–Trinajstić information content (AvgIpc) is 3.11. The van der Waals surface area contributed by atoms with Crippen molar-refractivity contribution in [3.63, 3.8) is 0 Å². The van der Waals surface area contributed by atoms with Crippen LogP contribution in [0.2, 0.25) is 5.02 Å². The van der Waals surface area contributed by atoms with Gasteiger partial charge in [-0.1, -0.05) is 44.5 Å². The number of hydrogen-bond donors (Lipinski definition) is 0. The van der Waals surface area contributed by atoms with E-state index in [9.17, 15) is 8.42 Å². The first kappa shape index (κ1) is 22.3. The summed E-state index contributed by atoms with van der Waals surface area (Å²) in [6.45, 7) is 11.0. The Hall–Kier alpha value is -1.93. The zero-order chi connectivity index (χ0) is 22.4. The van der Waals surface area contributed by atoms with Gasteiger partial charge in [-0.25, -0.2) is 13.4 Å². The normalized spacial score (nSPS) is 16.8. The molecule has 1 fully saturated rings. The minimum Gasteiger partial charge on any atom is -0.439 e. The van der Waals surface area contributed by atoms with E-state index in [1.165, 1.54) is 15.9 Å². The van der Waals surface area contributed by atoms with E-state index in [1.54, 1.807) is 12.1 Å². The van der Waals surface area contributed by atoms with Gasteiger partial charge in [-0.05, 0) is 47.7 Å². The highest BCUT2D eigenvalue weighted by Gasteiger charge is 2.29. The lowest BCUT2D eigenvalue weighted by Gasteiger charge is -2.33. The van der Waals surface area contributed by atoms with Gasteiger partial charge in [0.1, 0.15) is 5.52 Å². The summed E-state index contributed by atoms with van der Waals surface area (Å²) >= 11 is 6.13. The maximum atomic E-state index is 13.0. The molecule has 8 heteroatoms. The Morgan fingerprint density at radius 2 is 1.77 bits per heavy atom. The van der Waals surface area contributed by atoms with Crippen LogP contribution in [0.3, 0.4) is 0 Å². The van der Waals surface area contributed by atoms with Crippen molar-refractivity contribution in [1.82, 2.24) is 14.2 Å². The average molecular weight is 462 g/mol. The number of nitrogens with zero attached hydrogens (tertiary/aromatic N) is 3. The van der Waals surface area contributed by atoms with Crippen molar-refractivity contribution in [2.24, 2.45) is 0 Å². The molecule has 1 aliphatic rings. The summed E-state index contributed by atoms with van der Waals surface area (Å²) in [5, 5.41) is 0.463. The number of benzene rings is 2. The third kappa shape index (κ3) is 4.65. The summed E-state index contributed by atoms with van der Waals surface area (Å²) in [5.74, 6) is 0.655. The number of hydrogen-bond acceptors (Lipinski definition) is 5. The molecule has 2 heterocycles. The van der Waals surface area contributed by atoms with Gasteiger partial charge in [0.05, 0.1) is 11.4 Å². The van der Waals surface area contributed by atoms with Gasteiger partial charge in [0.2, 0.25) is 15.9 Å². The van der Waals surface area contributed by atoms with Crippen molar-refractivity contribution < 1.29 is 12.8 Å². The molecule has 3 aromatic rings. The number of oxazole rings is 1. The Morgan fingerprint density at radius 3 is 2.42 bits per heavy atom. The second kappa shape index (κ2) is 8.20. The summed E-state index contributed by atoms with van der Waals surface area (Å²) in [4.78, 5) is 7.07. The minimum absolute atomic E-state index is 0.0524. The Morgan fingerprint density at radius 1 is 1.06 bits per heavy atom. The first-order chi connectivity index (χ1) is 14.5. The van der Waals surface area contributed by atoms with Crippen LogP contribution in [-0.2, 0) is 22.0 Å². The standard InChI is InChI=1S/C23H28ClN3O3S/c1-16-5-7-18(14-19(16)24)31(28,29)27-11-9-26(10-12-27)15-22-25-20-13-17(23(2,3)4)6-8-21(20)30-22/h5-8,13-14H,9-12,15H2,1-4H3. The number of aromatic nitrogens is 1. The van der Waals surface area contributed by atoms with Gasteiger partial charge in [-0.2, -0.15) is 4.31 Å². The monoisotopic (exact) mass is 461 g/mol. The summed E-state index contributed by atoms with van der Waals surface area (Å²) < 4.78 is 33.4. The minimum atomic E-state index is -3.55. The van der Waals surface area contributed by atoms with E-state index >= 15 is 0 Å². The van der Waals surface area contributed by atoms with Crippen molar-refractivity contribution in [3.8, 4) is 0 Å². The highest BCUT2D eigenvalue weighted by molar-refractivity contribution is 7.89. The van der Waals surface area contributed by atoms with Gasteiger partial charge in [0.25, 0.3) is 0 Å². The first-order valence-corrected chi connectivity index (χ1v) is 12.2. The maximum absolute atomic E-state index is 13.0. The lowest BCUT2D eigenvalue weighted by Crippen LogP contribution is -2.48. The number of halogens is 1. The second-order valence-corrected chi connectivity index (χ2v) is 11.5. The number of aryl methyl sites for hydroxylation is 1. The summed E-state index contributed by atoms with van der Waals surface area (Å²) in [6.07, 6.45) is 0. The van der Waals surface area contributed by atoms with E-state index in [2.05, 4.69) is 42.8 Å². The fourth-order valence-electron chi connectivity index (χ4n) is 3.71. The topological polar surface area (TPSA) is 66.7 Å². The van der Waals surface area contributed by atoms with E-state index in [1.807, 2.05) is 13.0 Å². The van der Waals surface area contributed by atoms with Gasteiger partial charge in [0.15, 0.2) is 5.58 Å². The van der Waals surface area contributed by atoms with E-state index in [-0.39, 0.29) is 10.3 Å². The Balaban J connectivity index is 1.42. The van der Waals surface area contributed by atoms with E-state index < -0.39 is 10.0 Å². The fraction of sp³-hybridized carbons (Fsp3) is 0.435. The van der Waals surface area contributed by atoms with E-state index in [0.29, 0.717) is 43.6 Å². The largest absolute Gasteiger partial charge is 0.439 e. The van der Waals surface area contributed by atoms with Crippen LogP contribution in [0.15, 0.2) is 45.7 Å². The molecular weight excluding hydrogens is 434 g/mol. The lowest BCUT2D eigenvalue weighted by atomic mass is 9.87. The van der Waals surface area contributed by atoms with Gasteiger partial charge in [0, 0.05) is 31.2 Å². The first-order valence-electron chi connectivity index (χ1n) is 10.4. The fourth-order valence-corrected chi connectivity index (χ4v) is 5.41. The number of rotatable bonds is 4. The Labute approximate surface area is 188 Å². The third-order valence-corrected chi connectivity index (χ3v) is 8.07. The molecule has 0 bridgehead atoms. The lowest BCUT2D eigenvalue weighted by molar-refractivity contribution is 0.169. The van der Waals surface area contributed by atoms with Crippen LogP contribution in [0.1, 0.15) is 37.8 Å². The van der Waals surface area contributed by atoms with Crippen LogP contribution in [-0.4, -0.2) is 48.8 Å². The van der Waals surface area contributed by atoms with Crippen molar-refractivity contribution in [2.45, 2.75) is 44.6 Å². The molecule has 4 rings (SSSR count). The number of sulfonamides is 1. The predicted molar refractivity (Wildman–Crippen MR) is 123 cm³/mol. The van der Waals surface area contributed by atoms with Crippen molar-refractivity contribution in [3.05, 3.63) is 58.4 Å². The van der Waals surface area contributed by atoms with Crippen LogP contribution >= 0.6 is 11.6 Å². The molecule has 31 heavy (non-hydrogen) atoms. The molecule has 0 spiro atoms. The molecule has 0 saturated carbocycles. The van der Waals surface area contributed by atoms with Gasteiger partial charge in [-0.15, -0.1) is 0 Å². The Bertz CT molecular complexity index is 1210. The molecule has 0 radical (unpaired) electrons. The molecule has 6 nitrogen and oxygen atoms in total. The number of piperazine rings is 1. The highest BCUT2D eigenvalue weighted by atomic mass is 35.5. The van der Waals surface area contributed by atoms with Crippen molar-refractivity contribution in [2.75, 3.05) is 26.2 Å². The molecule has 0 N–H and O–H groups in total. The van der Waals surface area contributed by atoms with Crippen LogP contribution < -0.4 is 0 Å². The van der Waals surface area contributed by atoms with Crippen molar-refractivity contribution >= 4 is 32.7 Å². The predicted octanol–water partition coefficient (Wildman–Crippen LogP) is 4.59. The molecule has 2 aromatic carbocycles. The van der Waals surface area contributed by atoms with Crippen LogP contribution in [0.4, 0.5) is 0 Å². The zero-order valence-electron chi connectivity index (χ0n) is 18.4. The molecule has 1 aliphatic heterocycles. The quantitative estimate of drug-likeness (QED) is 0.568. The zero-order valence-corrected chi connectivity index (χ0v) is 19.9. The molecule has 0 aliphatic carbocycles. The molecule has 1 saturated heterocycles. The molecule has 1 aromatic heterocycles. The van der Waals surface area contributed by atoms with E-state index in [0.717, 1.165) is 16.7 Å². The summed E-state index contributed by atoms with van der Waals surface area (Å²) in [5.41, 5.74) is 3.77. The second-order valence-electron chi connectivity index (χ2n) is 9.13. The van der Waals surface area contributed by atoms with Crippen LogP contribution in [0, 0.1) is 6.92 Å². The SMILES string of the molecule is Cc1ccc(S(=O)(=O)N2CCN(Cc3nc4cc(C(C)(C)C)ccc4o3)CC2)cc1Cl. The summed E-state index contributed by atoms with van der Waals surface area (Å²) in [7, 11) is -3.55. The molecule has 166 valence electrons. The van der Waals surface area contributed by atoms with Gasteiger partial charge >= 0.3 is 0 Å². The third-order valence-electron chi connectivity index (χ3n) is 5.77. The molecular formula is C23H28ClN3O3S. The van der Waals surface area contributed by atoms with Gasteiger partial charge in [-0.3, -0.25) is 4.90 Å². The molecule has 0 amide bonds. The van der Waals surface area contributed by atoms with Crippen LogP contribution in [0.25, 0.3) is 11.1 Å². The van der Waals surface area contributed by atoms with Crippen LogP contribution in [0.5, 0.6) is 0 Å². The highest BCUT2D eigenvalue weighted by Crippen LogP contribution is 2.27. The molecule has 0 unspecified atom stereocenters. The van der Waals surface area contributed by atoms with Gasteiger partial charge < -0.3 is 4.42 Å². The summed E-state index contributed by atoms with van der Waals surface area (Å²) in [6, 6.07) is 11.0. The van der Waals surface area contributed by atoms with E-state index in [4.69, 9.17) is 16.0 Å². The smallest absolute Gasteiger partial charge is 0.243 e. The maximum Gasteiger partial charge on any atom is 0.243 e. The Kier molecular flexibility index (Phi) is 5.89. The molecule has 0 atom stereocenters.